The van der Waals surface area contributed by atoms with Crippen molar-refractivity contribution in [3.05, 3.63) is 0 Å². The predicted molar refractivity (Wildman–Crippen MR) is 217 cm³/mol. The number of hydrogen-bond donors (Lipinski definition) is 1. The van der Waals surface area contributed by atoms with E-state index in [4.69, 9.17) is 43.5 Å². The van der Waals surface area contributed by atoms with Crippen LogP contribution in [-0.2, 0) is 37.3 Å². The Bertz CT molecular complexity index is 1270. The van der Waals surface area contributed by atoms with Crippen LogP contribution < -0.4 is 5.84 Å². The number of nitrogens with two attached hydrogens (primary N) is 1. The Morgan fingerprint density at radius 3 is 1.72 bits per heavy atom. The Hall–Kier alpha value is -0.936. The van der Waals surface area contributed by atoms with E-state index < -0.39 is 57.5 Å². The zero-order valence-electron chi connectivity index (χ0n) is 37.8. The summed E-state index contributed by atoms with van der Waals surface area (Å²) in [5, 5.41) is 8.53. The second-order valence-electron chi connectivity index (χ2n) is 20.6. The minimum atomic E-state index is -2.32. The molecule has 13 heteroatoms. The van der Waals surface area contributed by atoms with E-state index in [2.05, 4.69) is 114 Å². The Kier molecular flexibility index (Phi) is 15.0. The first-order valence-electron chi connectivity index (χ1n) is 19.9. The maximum Gasteiger partial charge on any atom is 0.310 e. The van der Waals surface area contributed by atoms with Gasteiger partial charge in [0.1, 0.15) is 5.60 Å². The maximum absolute atomic E-state index is 13.1. The number of nitrogens with zero attached hydrogens (tertiary/aromatic N) is 2. The predicted octanol–water partition coefficient (Wildman–Crippen LogP) is 9.80. The Morgan fingerprint density at radius 2 is 1.26 bits per heavy atom. The number of methoxy groups -OCH3 is 1. The standard InChI is InChI=1S/C40H81N3O8Si2/c1-23-29(48-52(19,20)35(6,7)8)40(17)33(47-38(14,15)51-40)26(3)30(42-43-41)25(2)24-39(16)32(46-37(12,13)50-39)27(4)31(28(5)34(44)45-18)49-53(21,22)36(9,10)11/h25-33H,23-24H2,1-22H3,(H2,41,42). The van der Waals surface area contributed by atoms with E-state index in [0.717, 1.165) is 6.42 Å². The summed E-state index contributed by atoms with van der Waals surface area (Å²) in [6.07, 6.45) is -0.0986. The third kappa shape index (κ3) is 10.7. The van der Waals surface area contributed by atoms with Gasteiger partial charge in [-0.1, -0.05) is 74.5 Å². The summed E-state index contributed by atoms with van der Waals surface area (Å²) in [7, 11) is -3.05. The van der Waals surface area contributed by atoms with Gasteiger partial charge < -0.3 is 38.4 Å². The second-order valence-corrected chi connectivity index (χ2v) is 30.1. The van der Waals surface area contributed by atoms with Gasteiger partial charge in [0.05, 0.1) is 49.1 Å². The Balaban J connectivity index is 2.58. The summed E-state index contributed by atoms with van der Waals surface area (Å²) in [6.45, 7) is 44.9. The van der Waals surface area contributed by atoms with Crippen molar-refractivity contribution in [3.63, 3.8) is 0 Å². The summed E-state index contributed by atoms with van der Waals surface area (Å²) in [6, 6.07) is -0.347. The number of hydrogen-bond acceptors (Lipinski definition) is 10. The lowest BCUT2D eigenvalue weighted by Gasteiger charge is -2.46. The van der Waals surface area contributed by atoms with Gasteiger partial charge in [0.25, 0.3) is 0 Å². The van der Waals surface area contributed by atoms with Gasteiger partial charge in [0.2, 0.25) is 0 Å². The van der Waals surface area contributed by atoms with E-state index in [1.54, 1.807) is 0 Å². The highest BCUT2D eigenvalue weighted by Gasteiger charge is 2.61. The fourth-order valence-electron chi connectivity index (χ4n) is 8.37. The molecular formula is C40H81N3O8Si2. The van der Waals surface area contributed by atoms with Crippen molar-refractivity contribution >= 4 is 22.6 Å². The van der Waals surface area contributed by atoms with E-state index in [9.17, 15) is 4.79 Å². The summed E-state index contributed by atoms with van der Waals surface area (Å²) >= 11 is 0. The molecular weight excluding hydrogens is 707 g/mol. The first-order valence-corrected chi connectivity index (χ1v) is 25.8. The van der Waals surface area contributed by atoms with Crippen LogP contribution in [0.15, 0.2) is 10.3 Å². The van der Waals surface area contributed by atoms with Crippen LogP contribution in [0.3, 0.4) is 0 Å². The molecule has 2 heterocycles. The minimum absolute atomic E-state index is 0.0291. The number of rotatable bonds is 16. The smallest absolute Gasteiger partial charge is 0.310 e. The third-order valence-corrected chi connectivity index (χ3v) is 22.0. The molecule has 0 aromatic rings. The molecule has 2 aliphatic heterocycles. The van der Waals surface area contributed by atoms with E-state index in [1.165, 1.54) is 7.11 Å². The Morgan fingerprint density at radius 1 is 0.792 bits per heavy atom. The molecule has 312 valence electrons. The highest BCUT2D eigenvalue weighted by molar-refractivity contribution is 6.74. The quantitative estimate of drug-likeness (QED) is 0.0534. The summed E-state index contributed by atoms with van der Waals surface area (Å²) < 4.78 is 46.7. The van der Waals surface area contributed by atoms with Crippen molar-refractivity contribution < 1.29 is 37.3 Å². The average Bonchev–Trinajstić information content (AvgIpc) is 3.40. The molecule has 2 rings (SSSR count). The molecule has 53 heavy (non-hydrogen) atoms. The molecule has 0 aromatic carbocycles. The molecule has 0 aromatic heterocycles. The summed E-state index contributed by atoms with van der Waals surface area (Å²) in [5.41, 5.74) is -1.54. The zero-order valence-corrected chi connectivity index (χ0v) is 39.8. The van der Waals surface area contributed by atoms with Crippen molar-refractivity contribution in [2.24, 2.45) is 39.9 Å². The SMILES string of the molecule is CCC(O[Si](C)(C)C(C)(C)C)C1(C)OC(C)(C)OC1C(C)C(N=NN)C(C)CC1(C)OC(C)(C)OC1C(C)C(O[Si](C)(C)C(C)(C)C)C(C)C(=O)OC. The Labute approximate surface area is 326 Å². The highest BCUT2D eigenvalue weighted by atomic mass is 28.4. The van der Waals surface area contributed by atoms with Gasteiger partial charge in [0.15, 0.2) is 28.2 Å². The maximum atomic E-state index is 13.1. The van der Waals surface area contributed by atoms with Gasteiger partial charge in [-0.15, -0.1) is 0 Å². The van der Waals surface area contributed by atoms with Crippen molar-refractivity contribution in [1.29, 1.82) is 0 Å². The summed E-state index contributed by atoms with van der Waals surface area (Å²) in [4.78, 5) is 13.1. The van der Waals surface area contributed by atoms with E-state index in [1.807, 2.05) is 34.6 Å². The van der Waals surface area contributed by atoms with Crippen LogP contribution in [0.25, 0.3) is 0 Å². The molecule has 0 saturated carbocycles. The highest BCUT2D eigenvalue weighted by Crippen LogP contribution is 2.51. The third-order valence-electron chi connectivity index (χ3n) is 13.0. The van der Waals surface area contributed by atoms with Crippen LogP contribution in [0.5, 0.6) is 0 Å². The van der Waals surface area contributed by atoms with Gasteiger partial charge in [0, 0.05) is 11.8 Å². The molecule has 11 nitrogen and oxygen atoms in total. The van der Waals surface area contributed by atoms with Crippen molar-refractivity contribution in [3.8, 4) is 0 Å². The zero-order chi connectivity index (χ0) is 41.6. The lowest BCUT2D eigenvalue weighted by molar-refractivity contribution is -0.178. The number of carbonyl (C=O) groups is 1. The first kappa shape index (κ1) is 48.2. The van der Waals surface area contributed by atoms with Crippen LogP contribution in [-0.4, -0.2) is 82.9 Å². The van der Waals surface area contributed by atoms with E-state index in [-0.39, 0.29) is 52.0 Å². The lowest BCUT2D eigenvalue weighted by atomic mass is 9.73. The fourth-order valence-corrected chi connectivity index (χ4v) is 11.3. The van der Waals surface area contributed by atoms with Gasteiger partial charge >= 0.3 is 5.97 Å². The molecule has 11 atom stereocenters. The molecule has 0 aliphatic carbocycles. The topological polar surface area (TPSA) is 132 Å². The molecule has 2 aliphatic rings. The van der Waals surface area contributed by atoms with Crippen LogP contribution in [0.1, 0.15) is 131 Å². The average molecular weight is 788 g/mol. The molecule has 0 amide bonds. The number of carbonyl (C=O) groups excluding carboxylic acids is 1. The largest absolute Gasteiger partial charge is 0.469 e. The summed E-state index contributed by atoms with van der Waals surface area (Å²) in [5.74, 6) is 2.87. The fraction of sp³-hybridized carbons (Fsp3) is 0.975. The monoisotopic (exact) mass is 788 g/mol. The molecule has 0 radical (unpaired) electrons. The van der Waals surface area contributed by atoms with Crippen LogP contribution >= 0.6 is 0 Å². The molecule has 11 unspecified atom stereocenters. The normalized spacial score (nSPS) is 30.8. The van der Waals surface area contributed by atoms with E-state index >= 15 is 0 Å². The molecule has 2 saturated heterocycles. The minimum Gasteiger partial charge on any atom is -0.469 e. The molecule has 0 bridgehead atoms. The number of esters is 1. The van der Waals surface area contributed by atoms with Crippen molar-refractivity contribution in [2.45, 2.75) is 220 Å². The molecule has 0 spiro atoms. The van der Waals surface area contributed by atoms with Gasteiger partial charge in [-0.05, 0) is 103 Å². The van der Waals surface area contributed by atoms with Crippen molar-refractivity contribution in [2.75, 3.05) is 7.11 Å². The lowest BCUT2D eigenvalue weighted by Crippen LogP contribution is -2.58. The molecule has 2 fully saturated rings. The first-order chi connectivity index (χ1) is 23.7. The van der Waals surface area contributed by atoms with Crippen LogP contribution in [0, 0.1) is 23.7 Å². The van der Waals surface area contributed by atoms with Gasteiger partial charge in [-0.3, -0.25) is 4.79 Å². The van der Waals surface area contributed by atoms with Crippen LogP contribution in [0.2, 0.25) is 36.3 Å². The van der Waals surface area contributed by atoms with E-state index in [0.29, 0.717) is 6.42 Å². The molecule has 2 N–H and O–H groups in total. The van der Waals surface area contributed by atoms with Gasteiger partial charge in [-0.25, -0.2) is 0 Å². The number of ether oxygens (including phenoxy) is 5. The second kappa shape index (κ2) is 16.5. The van der Waals surface area contributed by atoms with Gasteiger partial charge in [-0.2, -0.15) is 5.11 Å². The van der Waals surface area contributed by atoms with Crippen molar-refractivity contribution in [1.82, 2.24) is 0 Å². The van der Waals surface area contributed by atoms with Crippen LogP contribution in [0.4, 0.5) is 0 Å².